The predicted octanol–water partition coefficient (Wildman–Crippen LogP) is 16.9. The van der Waals surface area contributed by atoms with E-state index in [0.29, 0.717) is 18.2 Å². The summed E-state index contributed by atoms with van der Waals surface area (Å²) in [5.41, 5.74) is -1.71. The van der Waals surface area contributed by atoms with Gasteiger partial charge in [-0.3, -0.25) is 0 Å². The fraction of sp³-hybridized carbons (Fsp3) is 0.812. The summed E-state index contributed by atoms with van der Waals surface area (Å²) in [5, 5.41) is 0. The van der Waals surface area contributed by atoms with E-state index in [-0.39, 0.29) is 6.07 Å². The van der Waals surface area contributed by atoms with Crippen molar-refractivity contribution in [2.24, 2.45) is 0 Å². The van der Waals surface area contributed by atoms with Crippen LogP contribution in [0.4, 0.5) is 184 Å². The molecule has 0 N–H and O–H groups in total. The first-order chi connectivity index (χ1) is 31.7. The molecule has 438 valence electrons. The molecule has 0 unspecified atom stereocenters. The Balaban J connectivity index is 3.42. The molecule has 0 aromatic heterocycles. The van der Waals surface area contributed by atoms with E-state index in [2.05, 4.69) is 0 Å². The minimum Gasteiger partial charge on any atom is -0.200 e. The van der Waals surface area contributed by atoms with E-state index >= 15 is 0 Å². The summed E-state index contributed by atoms with van der Waals surface area (Å²) in [6.07, 6.45) is -29.8. The van der Waals surface area contributed by atoms with Crippen LogP contribution in [-0.2, 0) is 12.8 Å². The van der Waals surface area contributed by atoms with E-state index in [0.717, 1.165) is 0 Å². The maximum Gasteiger partial charge on any atom is 0.460 e. The Labute approximate surface area is 378 Å². The van der Waals surface area contributed by atoms with Crippen molar-refractivity contribution in [3.8, 4) is 0 Å². The van der Waals surface area contributed by atoms with Gasteiger partial charge in [0.15, 0.2) is 0 Å². The lowest BCUT2D eigenvalue weighted by molar-refractivity contribution is -0.474. The molecule has 1 aromatic rings. The van der Waals surface area contributed by atoms with Crippen LogP contribution in [0, 0.1) is 0 Å². The molecule has 74 heavy (non-hydrogen) atoms. The van der Waals surface area contributed by atoms with Crippen molar-refractivity contribution in [3.05, 3.63) is 35.4 Å². The zero-order chi connectivity index (χ0) is 60.2. The lowest BCUT2D eigenvalue weighted by Crippen LogP contribution is -2.76. The van der Waals surface area contributed by atoms with Crippen molar-refractivity contribution < 1.29 is 184 Å². The normalized spacial score (nSPS) is 16.6. The molecule has 0 spiro atoms. The van der Waals surface area contributed by atoms with Crippen LogP contribution in [-0.4, -0.2) is 119 Å². The average Bonchev–Trinajstić information content (AvgIpc) is 3.18. The highest BCUT2D eigenvalue weighted by Crippen LogP contribution is 2.69. The van der Waals surface area contributed by atoms with Gasteiger partial charge < -0.3 is 0 Å². The molecular formula is C32H16F42. The minimum absolute atomic E-state index is 0.278. The van der Waals surface area contributed by atoms with Gasteiger partial charge >= 0.3 is 119 Å². The second kappa shape index (κ2) is 18.5. The van der Waals surface area contributed by atoms with Crippen LogP contribution < -0.4 is 0 Å². The van der Waals surface area contributed by atoms with Crippen LogP contribution in [0.15, 0.2) is 24.3 Å². The Morgan fingerprint density at radius 2 is 0.378 bits per heavy atom. The third-order valence-corrected chi connectivity index (χ3v) is 10.1. The van der Waals surface area contributed by atoms with Crippen molar-refractivity contribution in [1.29, 1.82) is 0 Å². The number of hydrogen-bond acceptors (Lipinski definition) is 0. The second-order valence-corrected chi connectivity index (χ2v) is 15.1. The molecule has 0 aliphatic carbocycles. The molecule has 0 radical (unpaired) electrons. The quantitative estimate of drug-likeness (QED) is 0.0905. The van der Waals surface area contributed by atoms with E-state index < -0.39 is 169 Å². The molecule has 0 fully saturated rings. The monoisotopic (exact) mass is 1200 g/mol. The smallest absolute Gasteiger partial charge is 0.200 e. The summed E-state index contributed by atoms with van der Waals surface area (Å²) in [7, 11) is 0. The van der Waals surface area contributed by atoms with Crippen LogP contribution in [0.1, 0.15) is 36.8 Å². The summed E-state index contributed by atoms with van der Waals surface area (Å²) >= 11 is 0. The van der Waals surface area contributed by atoms with E-state index in [1.807, 2.05) is 0 Å². The Bertz CT molecular complexity index is 1950. The molecule has 0 saturated carbocycles. The molecule has 0 saturated heterocycles. The number of alkyl halides is 42. The summed E-state index contributed by atoms with van der Waals surface area (Å²) in [6, 6.07) is 1.72. The maximum absolute atomic E-state index is 14.3. The van der Waals surface area contributed by atoms with Gasteiger partial charge in [-0.25, -0.2) is 0 Å². The first kappa shape index (κ1) is 68.3. The van der Waals surface area contributed by atoms with Crippen molar-refractivity contribution in [1.82, 2.24) is 0 Å². The maximum atomic E-state index is 14.3. The van der Waals surface area contributed by atoms with Crippen LogP contribution >= 0.6 is 0 Å². The first-order valence-electron chi connectivity index (χ1n) is 17.7. The third-order valence-electron chi connectivity index (χ3n) is 10.1. The third kappa shape index (κ3) is 9.30. The van der Waals surface area contributed by atoms with Gasteiger partial charge in [0.2, 0.25) is 0 Å². The standard InChI is InChI=1S/C32H16F42/c33-13(34,15(37,38)17(41,42)19(45,46)21(49,50)23(53,54)25(57,58)27(61,62)29(65,66)31(69,70)71)8-2-6-11-4-1-5-12(10-11)7-3-9-14(35,36)16(39,40)18(43,44)20(47,48)22(51,52)24(55,56)26(59,60)28(63,64)30(67,68)32(72,73)74/h1,4-5,10H,2-3,6-9H2. The van der Waals surface area contributed by atoms with Crippen LogP contribution in [0.5, 0.6) is 0 Å². The highest BCUT2D eigenvalue weighted by molar-refractivity contribution is 5.25. The van der Waals surface area contributed by atoms with Gasteiger partial charge in [0, 0.05) is 12.8 Å². The van der Waals surface area contributed by atoms with Crippen molar-refractivity contribution in [3.63, 3.8) is 0 Å². The SMILES string of the molecule is FC(F)(F)C(F)(F)C(F)(F)C(F)(F)C(F)(F)C(F)(F)C(F)(F)C(F)(F)C(F)(F)C(F)(F)CCCc1cccc(CCCC(F)(F)C(F)(F)C(F)(F)C(F)(F)C(F)(F)C(F)(F)C(F)(F)C(F)(F)C(F)(F)C(F)(F)F)c1. The van der Waals surface area contributed by atoms with Gasteiger partial charge in [0.1, 0.15) is 0 Å². The number of aryl methyl sites for hydroxylation is 2. The minimum atomic E-state index is -9.47. The van der Waals surface area contributed by atoms with Gasteiger partial charge in [-0.15, -0.1) is 0 Å². The van der Waals surface area contributed by atoms with Gasteiger partial charge in [-0.2, -0.15) is 184 Å². The van der Waals surface area contributed by atoms with E-state index in [1.165, 1.54) is 0 Å². The fourth-order valence-corrected chi connectivity index (χ4v) is 5.47. The number of hydrogen-bond donors (Lipinski definition) is 0. The fourth-order valence-electron chi connectivity index (χ4n) is 5.47. The molecule has 42 heteroatoms. The highest BCUT2D eigenvalue weighted by atomic mass is 19.5. The number of benzene rings is 1. The zero-order valence-electron chi connectivity index (χ0n) is 33.4. The first-order valence-corrected chi connectivity index (χ1v) is 17.7. The lowest BCUT2D eigenvalue weighted by atomic mass is 9.85. The topological polar surface area (TPSA) is 0 Å². The molecular weight excluding hydrogens is 1180 g/mol. The molecule has 0 aliphatic rings. The molecule has 0 bridgehead atoms. The molecule has 0 nitrogen and oxygen atoms in total. The van der Waals surface area contributed by atoms with E-state index in [1.54, 1.807) is 0 Å². The number of rotatable bonds is 24. The Kier molecular flexibility index (Phi) is 17.0. The summed E-state index contributed by atoms with van der Waals surface area (Å²) in [6.45, 7) is 0. The highest BCUT2D eigenvalue weighted by Gasteiger charge is 3.00. The summed E-state index contributed by atoms with van der Waals surface area (Å²) < 4.78 is 571. The van der Waals surface area contributed by atoms with E-state index in [9.17, 15) is 184 Å². The molecule has 0 heterocycles. The van der Waals surface area contributed by atoms with Gasteiger partial charge in [-0.1, -0.05) is 24.3 Å². The Morgan fingerprint density at radius 3 is 0.554 bits per heavy atom. The Morgan fingerprint density at radius 1 is 0.216 bits per heavy atom. The van der Waals surface area contributed by atoms with E-state index in [4.69, 9.17) is 0 Å². The Hall–Kier alpha value is -3.72. The zero-order valence-corrected chi connectivity index (χ0v) is 33.4. The van der Waals surface area contributed by atoms with Gasteiger partial charge in [0.25, 0.3) is 0 Å². The van der Waals surface area contributed by atoms with Gasteiger partial charge in [0.05, 0.1) is 0 Å². The number of halogens is 42. The van der Waals surface area contributed by atoms with Crippen molar-refractivity contribution in [2.45, 2.75) is 157 Å². The average molecular weight is 1200 g/mol. The lowest BCUT2D eigenvalue weighted by Gasteiger charge is -2.44. The molecule has 1 rings (SSSR count). The molecule has 0 amide bonds. The molecule has 1 aromatic carbocycles. The van der Waals surface area contributed by atoms with Crippen LogP contribution in [0.3, 0.4) is 0 Å². The summed E-state index contributed by atoms with van der Waals surface area (Å²) in [5.74, 6) is -160. The predicted molar refractivity (Wildman–Crippen MR) is 153 cm³/mol. The largest absolute Gasteiger partial charge is 0.460 e. The van der Waals surface area contributed by atoms with Crippen molar-refractivity contribution >= 4 is 0 Å². The molecule has 0 aliphatic heterocycles. The van der Waals surface area contributed by atoms with Crippen molar-refractivity contribution in [2.75, 3.05) is 0 Å². The second-order valence-electron chi connectivity index (χ2n) is 15.1. The van der Waals surface area contributed by atoms with Gasteiger partial charge in [-0.05, 0) is 36.8 Å². The van der Waals surface area contributed by atoms with Crippen LogP contribution in [0.25, 0.3) is 0 Å². The summed E-state index contributed by atoms with van der Waals surface area (Å²) in [4.78, 5) is 0. The molecule has 0 atom stereocenters. The van der Waals surface area contributed by atoms with Crippen LogP contribution in [0.2, 0.25) is 0 Å².